The predicted molar refractivity (Wildman–Crippen MR) is 89.9 cm³/mol. The van der Waals surface area contributed by atoms with Crippen molar-refractivity contribution in [3.8, 4) is 0 Å². The first-order valence-electron chi connectivity index (χ1n) is 8.04. The molecule has 118 valence electrons. The fourth-order valence-corrected chi connectivity index (χ4v) is 3.09. The minimum Gasteiger partial charge on any atom is -0.358 e. The van der Waals surface area contributed by atoms with Crippen LogP contribution in [0.5, 0.6) is 0 Å². The zero-order chi connectivity index (χ0) is 15.5. The lowest BCUT2D eigenvalue weighted by molar-refractivity contribution is 0.0682. The highest BCUT2D eigenvalue weighted by Gasteiger charge is 2.40. The third-order valence-electron chi connectivity index (χ3n) is 4.90. The Morgan fingerprint density at radius 3 is 2.43 bits per heavy atom. The Bertz CT molecular complexity index is 466. The Hall–Kier alpha value is -1.13. The molecule has 1 aliphatic rings. The largest absolute Gasteiger partial charge is 0.358 e. The normalized spacial score (nSPS) is 16.9. The van der Waals surface area contributed by atoms with Crippen LogP contribution in [0.2, 0.25) is 0 Å². The van der Waals surface area contributed by atoms with E-state index in [-0.39, 0.29) is 0 Å². The standard InChI is InChI=1S/C17H30N4/c1-6-18-12-15-8-9-16(19-14(15)2)21(5)13-17(20(3)4)10-7-11-17/h8-9,18H,6-7,10-13H2,1-5H3. The van der Waals surface area contributed by atoms with Crippen molar-refractivity contribution in [1.29, 1.82) is 0 Å². The van der Waals surface area contributed by atoms with Gasteiger partial charge in [-0.3, -0.25) is 0 Å². The van der Waals surface area contributed by atoms with Gasteiger partial charge in [-0.1, -0.05) is 13.0 Å². The average Bonchev–Trinajstić information content (AvgIpc) is 2.40. The zero-order valence-corrected chi connectivity index (χ0v) is 14.2. The number of pyridine rings is 1. The van der Waals surface area contributed by atoms with Gasteiger partial charge in [0.25, 0.3) is 0 Å². The highest BCUT2D eigenvalue weighted by Crippen LogP contribution is 2.37. The minimum absolute atomic E-state index is 0.340. The molecule has 1 saturated carbocycles. The van der Waals surface area contributed by atoms with Crippen LogP contribution in [-0.4, -0.2) is 49.7 Å². The molecule has 0 bridgehead atoms. The maximum absolute atomic E-state index is 4.80. The summed E-state index contributed by atoms with van der Waals surface area (Å²) in [4.78, 5) is 9.49. The lowest BCUT2D eigenvalue weighted by Gasteiger charge is -2.49. The Balaban J connectivity index is 2.05. The molecule has 1 aromatic heterocycles. The number of hydrogen-bond donors (Lipinski definition) is 1. The van der Waals surface area contributed by atoms with E-state index in [0.29, 0.717) is 5.54 Å². The van der Waals surface area contributed by atoms with Crippen molar-refractivity contribution in [2.75, 3.05) is 39.1 Å². The molecule has 1 N–H and O–H groups in total. The van der Waals surface area contributed by atoms with Crippen LogP contribution in [0.1, 0.15) is 37.4 Å². The highest BCUT2D eigenvalue weighted by atomic mass is 15.2. The molecule has 1 aliphatic carbocycles. The fraction of sp³-hybridized carbons (Fsp3) is 0.706. The average molecular weight is 290 g/mol. The van der Waals surface area contributed by atoms with Gasteiger partial charge < -0.3 is 15.1 Å². The summed E-state index contributed by atoms with van der Waals surface area (Å²) in [7, 11) is 6.56. The van der Waals surface area contributed by atoms with Gasteiger partial charge in [0.05, 0.1) is 0 Å². The van der Waals surface area contributed by atoms with Gasteiger partial charge in [0.1, 0.15) is 5.82 Å². The number of aromatic nitrogens is 1. The van der Waals surface area contributed by atoms with Gasteiger partial charge in [-0.15, -0.1) is 0 Å². The minimum atomic E-state index is 0.340. The van der Waals surface area contributed by atoms with Crippen molar-refractivity contribution in [2.24, 2.45) is 0 Å². The number of aryl methyl sites for hydroxylation is 1. The van der Waals surface area contributed by atoms with Gasteiger partial charge in [-0.05, 0) is 58.5 Å². The third-order valence-corrected chi connectivity index (χ3v) is 4.90. The summed E-state index contributed by atoms with van der Waals surface area (Å²) in [5.41, 5.74) is 2.76. The molecule has 1 aromatic rings. The Kier molecular flexibility index (Phi) is 5.22. The summed E-state index contributed by atoms with van der Waals surface area (Å²) in [6, 6.07) is 4.36. The molecular formula is C17H30N4. The Morgan fingerprint density at radius 1 is 1.24 bits per heavy atom. The van der Waals surface area contributed by atoms with E-state index in [4.69, 9.17) is 4.98 Å². The second-order valence-corrected chi connectivity index (χ2v) is 6.52. The van der Waals surface area contributed by atoms with Crippen molar-refractivity contribution in [1.82, 2.24) is 15.2 Å². The summed E-state index contributed by atoms with van der Waals surface area (Å²) in [5.74, 6) is 1.08. The Labute approximate surface area is 129 Å². The quantitative estimate of drug-likeness (QED) is 0.836. The summed E-state index contributed by atoms with van der Waals surface area (Å²) >= 11 is 0. The molecule has 21 heavy (non-hydrogen) atoms. The van der Waals surface area contributed by atoms with Crippen LogP contribution in [0.4, 0.5) is 5.82 Å². The maximum atomic E-state index is 4.80. The third kappa shape index (κ3) is 3.55. The molecule has 1 heterocycles. The number of rotatable bonds is 7. The van der Waals surface area contributed by atoms with Crippen molar-refractivity contribution >= 4 is 5.82 Å². The van der Waals surface area contributed by atoms with Gasteiger partial charge in [0, 0.05) is 31.4 Å². The highest BCUT2D eigenvalue weighted by molar-refractivity contribution is 5.41. The lowest BCUT2D eigenvalue weighted by atomic mass is 9.75. The number of nitrogens with zero attached hydrogens (tertiary/aromatic N) is 3. The number of anilines is 1. The molecule has 0 saturated heterocycles. The first-order valence-corrected chi connectivity index (χ1v) is 8.04. The topological polar surface area (TPSA) is 31.4 Å². The van der Waals surface area contributed by atoms with Crippen LogP contribution in [-0.2, 0) is 6.54 Å². The molecule has 0 spiro atoms. The fourth-order valence-electron chi connectivity index (χ4n) is 3.09. The number of hydrogen-bond acceptors (Lipinski definition) is 4. The molecule has 0 radical (unpaired) electrons. The van der Waals surface area contributed by atoms with Crippen LogP contribution < -0.4 is 10.2 Å². The summed E-state index contributed by atoms with van der Waals surface area (Å²) in [5, 5.41) is 3.37. The summed E-state index contributed by atoms with van der Waals surface area (Å²) < 4.78 is 0. The lowest BCUT2D eigenvalue weighted by Crippen LogP contribution is -2.56. The van der Waals surface area contributed by atoms with E-state index >= 15 is 0 Å². The molecule has 2 rings (SSSR count). The van der Waals surface area contributed by atoms with E-state index in [1.807, 2.05) is 0 Å². The van der Waals surface area contributed by atoms with E-state index in [0.717, 1.165) is 31.1 Å². The van der Waals surface area contributed by atoms with Crippen LogP contribution in [0.3, 0.4) is 0 Å². The summed E-state index contributed by atoms with van der Waals surface area (Å²) in [6.07, 6.45) is 3.93. The molecule has 0 atom stereocenters. The SMILES string of the molecule is CCNCc1ccc(N(C)CC2(N(C)C)CCC2)nc1C. The second kappa shape index (κ2) is 6.75. The molecule has 4 nitrogen and oxygen atoms in total. The smallest absolute Gasteiger partial charge is 0.128 e. The molecule has 0 aliphatic heterocycles. The van der Waals surface area contributed by atoms with E-state index in [1.54, 1.807) is 0 Å². The zero-order valence-electron chi connectivity index (χ0n) is 14.2. The first kappa shape index (κ1) is 16.2. The van der Waals surface area contributed by atoms with E-state index < -0.39 is 0 Å². The first-order chi connectivity index (χ1) is 9.98. The monoisotopic (exact) mass is 290 g/mol. The predicted octanol–water partition coefficient (Wildman–Crippen LogP) is 2.42. The van der Waals surface area contributed by atoms with E-state index in [2.05, 4.69) is 62.2 Å². The Morgan fingerprint density at radius 2 is 1.95 bits per heavy atom. The maximum Gasteiger partial charge on any atom is 0.128 e. The van der Waals surface area contributed by atoms with E-state index in [9.17, 15) is 0 Å². The van der Waals surface area contributed by atoms with Crippen LogP contribution in [0.25, 0.3) is 0 Å². The van der Waals surface area contributed by atoms with Crippen LogP contribution in [0, 0.1) is 6.92 Å². The molecular weight excluding hydrogens is 260 g/mol. The molecule has 0 aromatic carbocycles. The van der Waals surface area contributed by atoms with Crippen molar-refractivity contribution < 1.29 is 0 Å². The van der Waals surface area contributed by atoms with E-state index in [1.165, 1.54) is 24.8 Å². The van der Waals surface area contributed by atoms with Crippen molar-refractivity contribution in [3.05, 3.63) is 23.4 Å². The van der Waals surface area contributed by atoms with Gasteiger partial charge in [-0.2, -0.15) is 0 Å². The van der Waals surface area contributed by atoms with Gasteiger partial charge in [-0.25, -0.2) is 4.98 Å². The van der Waals surface area contributed by atoms with Crippen molar-refractivity contribution in [3.63, 3.8) is 0 Å². The summed E-state index contributed by atoms with van der Waals surface area (Å²) in [6.45, 7) is 7.19. The molecule has 0 amide bonds. The van der Waals surface area contributed by atoms with Gasteiger partial charge in [0.15, 0.2) is 0 Å². The molecule has 0 unspecified atom stereocenters. The molecule has 1 fully saturated rings. The van der Waals surface area contributed by atoms with Crippen LogP contribution in [0.15, 0.2) is 12.1 Å². The number of nitrogens with one attached hydrogen (secondary N) is 1. The van der Waals surface area contributed by atoms with Gasteiger partial charge >= 0.3 is 0 Å². The van der Waals surface area contributed by atoms with Gasteiger partial charge in [0.2, 0.25) is 0 Å². The van der Waals surface area contributed by atoms with Crippen LogP contribution >= 0.6 is 0 Å². The molecule has 4 heteroatoms. The number of likely N-dealkylation sites (N-methyl/N-ethyl adjacent to an activating group) is 2. The second-order valence-electron chi connectivity index (χ2n) is 6.52. The van der Waals surface area contributed by atoms with Crippen molar-refractivity contribution in [2.45, 2.75) is 45.2 Å².